The van der Waals surface area contributed by atoms with Crippen molar-refractivity contribution in [2.24, 2.45) is 5.92 Å². The molecule has 9 nitrogen and oxygen atoms in total. The number of benzene rings is 1. The van der Waals surface area contributed by atoms with Crippen LogP contribution in [0.25, 0.3) is 10.9 Å². The van der Waals surface area contributed by atoms with Gasteiger partial charge in [0.2, 0.25) is 5.91 Å². The smallest absolute Gasteiger partial charge is 0.303 e. The highest BCUT2D eigenvalue weighted by molar-refractivity contribution is 7.87. The van der Waals surface area contributed by atoms with Crippen molar-refractivity contribution in [2.75, 3.05) is 27.2 Å². The van der Waals surface area contributed by atoms with Crippen molar-refractivity contribution in [3.05, 3.63) is 70.0 Å². The number of nitrogens with one attached hydrogen (secondary N) is 1. The lowest BCUT2D eigenvalue weighted by molar-refractivity contribution is -0.148. The van der Waals surface area contributed by atoms with Crippen LogP contribution in [0.2, 0.25) is 0 Å². The fourth-order valence-corrected chi connectivity index (χ4v) is 8.67. The van der Waals surface area contributed by atoms with E-state index < -0.39 is 16.1 Å². The Morgan fingerprint density at radius 2 is 1.77 bits per heavy atom. The molecule has 2 aliphatic heterocycles. The van der Waals surface area contributed by atoms with Crippen LogP contribution in [0.5, 0.6) is 0 Å². The van der Waals surface area contributed by atoms with E-state index in [1.807, 2.05) is 24.8 Å². The first-order valence-electron chi connectivity index (χ1n) is 16.0. The van der Waals surface area contributed by atoms with Gasteiger partial charge in [-0.2, -0.15) is 12.7 Å². The molecule has 3 heterocycles. The van der Waals surface area contributed by atoms with E-state index in [0.717, 1.165) is 44.9 Å². The molecule has 0 spiro atoms. The van der Waals surface area contributed by atoms with E-state index >= 15 is 0 Å². The normalized spacial score (nSPS) is 27.2. The number of amides is 2. The summed E-state index contributed by atoms with van der Waals surface area (Å²) >= 11 is 0. The summed E-state index contributed by atoms with van der Waals surface area (Å²) in [6.07, 6.45) is 10.7. The SMILES string of the molecule is C[C@@H]1CN(C(=O)[C@@H]2CC=CC3=C4C(=C4C(=O)NS(=O)(=O)N(C)C)Cn4c(cc5cccc(C6CCCCC6)c54)C32)C[C@H](C)O1. The third kappa shape index (κ3) is 4.95. The maximum atomic E-state index is 14.4. The van der Waals surface area contributed by atoms with E-state index in [4.69, 9.17) is 4.74 Å². The van der Waals surface area contributed by atoms with Crippen molar-refractivity contribution in [2.45, 2.75) is 83.0 Å². The quantitative estimate of drug-likeness (QED) is 0.531. The molecule has 0 radical (unpaired) electrons. The fraction of sp³-hybridized carbons (Fsp3) is 0.529. The van der Waals surface area contributed by atoms with Gasteiger partial charge in [-0.1, -0.05) is 49.6 Å². The van der Waals surface area contributed by atoms with E-state index in [0.29, 0.717) is 37.5 Å². The summed E-state index contributed by atoms with van der Waals surface area (Å²) in [4.78, 5) is 29.8. The lowest BCUT2D eigenvalue weighted by atomic mass is 9.75. The van der Waals surface area contributed by atoms with Gasteiger partial charge >= 0.3 is 10.2 Å². The zero-order valence-electron chi connectivity index (χ0n) is 26.0. The van der Waals surface area contributed by atoms with Crippen LogP contribution in [0, 0.1) is 5.92 Å². The molecule has 7 rings (SSSR count). The van der Waals surface area contributed by atoms with Gasteiger partial charge in [-0.05, 0) is 67.4 Å². The van der Waals surface area contributed by atoms with Gasteiger partial charge in [0.15, 0.2) is 0 Å². The Hall–Kier alpha value is -3.21. The minimum absolute atomic E-state index is 0.0380. The Bertz CT molecular complexity index is 1730. The molecule has 0 bridgehead atoms. The number of fused-ring (bicyclic) bond motifs is 6. The molecule has 234 valence electrons. The molecular weight excluding hydrogens is 576 g/mol. The van der Waals surface area contributed by atoms with Gasteiger partial charge in [-0.25, -0.2) is 4.72 Å². The molecule has 4 atom stereocenters. The Kier molecular flexibility index (Phi) is 7.37. The van der Waals surface area contributed by atoms with E-state index in [1.165, 1.54) is 44.4 Å². The highest BCUT2D eigenvalue weighted by Crippen LogP contribution is 2.54. The number of rotatable bonds is 5. The lowest BCUT2D eigenvalue weighted by Gasteiger charge is -2.39. The molecule has 1 saturated heterocycles. The number of allylic oxidation sites excluding steroid dienone is 4. The summed E-state index contributed by atoms with van der Waals surface area (Å²) in [6.45, 7) is 5.59. The summed E-state index contributed by atoms with van der Waals surface area (Å²) < 4.78 is 36.8. The lowest BCUT2D eigenvalue weighted by Crippen LogP contribution is -2.51. The Labute approximate surface area is 259 Å². The number of hydrogen-bond acceptors (Lipinski definition) is 5. The topological polar surface area (TPSA) is 101 Å². The van der Waals surface area contributed by atoms with E-state index in [2.05, 4.69) is 39.6 Å². The van der Waals surface area contributed by atoms with E-state index in [9.17, 15) is 18.0 Å². The summed E-state index contributed by atoms with van der Waals surface area (Å²) in [7, 11) is -1.16. The molecule has 2 amide bonds. The van der Waals surface area contributed by atoms with Crippen molar-refractivity contribution in [1.29, 1.82) is 0 Å². The van der Waals surface area contributed by atoms with Crippen molar-refractivity contribution < 1.29 is 22.7 Å². The fourth-order valence-electron chi connectivity index (χ4n) is 8.15. The van der Waals surface area contributed by atoms with Crippen molar-refractivity contribution >= 4 is 32.9 Å². The first kappa shape index (κ1) is 29.5. The average Bonchev–Trinajstić information content (AvgIpc) is 3.62. The van der Waals surface area contributed by atoms with Crippen LogP contribution in [0.1, 0.15) is 75.5 Å². The van der Waals surface area contributed by atoms with Crippen LogP contribution in [-0.2, 0) is 31.1 Å². The van der Waals surface area contributed by atoms with Crippen LogP contribution >= 0.6 is 0 Å². The maximum Gasteiger partial charge on any atom is 0.303 e. The number of carbonyl (C=O) groups is 2. The highest BCUT2D eigenvalue weighted by Gasteiger charge is 2.48. The number of ether oxygens (including phenoxy) is 1. The minimum atomic E-state index is -3.96. The van der Waals surface area contributed by atoms with Gasteiger partial charge in [0.05, 0.1) is 29.2 Å². The number of hydrogen-bond donors (Lipinski definition) is 1. The minimum Gasteiger partial charge on any atom is -0.372 e. The Morgan fingerprint density at radius 3 is 2.48 bits per heavy atom. The largest absolute Gasteiger partial charge is 0.372 e. The molecule has 2 aromatic rings. The molecule has 1 saturated carbocycles. The molecule has 10 heteroatoms. The molecule has 1 unspecified atom stereocenters. The number of morpholine rings is 1. The third-order valence-electron chi connectivity index (χ3n) is 10.1. The molecule has 2 fully saturated rings. The van der Waals surface area contributed by atoms with E-state index in [-0.39, 0.29) is 30.0 Å². The second-order valence-electron chi connectivity index (χ2n) is 13.4. The van der Waals surface area contributed by atoms with Gasteiger partial charge in [0.1, 0.15) is 0 Å². The number of nitrogens with zero attached hydrogens (tertiary/aromatic N) is 3. The Balaban J connectivity index is 1.37. The predicted molar refractivity (Wildman–Crippen MR) is 169 cm³/mol. The highest BCUT2D eigenvalue weighted by atomic mass is 32.2. The number of para-hydroxylation sites is 1. The Morgan fingerprint density at radius 1 is 1.05 bits per heavy atom. The maximum absolute atomic E-state index is 14.4. The molecular formula is C34H42N4O5S. The van der Waals surface area contributed by atoms with Crippen molar-refractivity contribution in [3.8, 4) is 0 Å². The number of aromatic nitrogens is 1. The van der Waals surface area contributed by atoms with Crippen molar-refractivity contribution in [1.82, 2.24) is 18.5 Å². The van der Waals surface area contributed by atoms with Crippen LogP contribution in [0.3, 0.4) is 0 Å². The molecule has 3 aliphatic carbocycles. The standard InChI is InChI=1S/C34H42N4O5S/c1-20-17-37(18-21(2)43-20)34(40)26-15-9-14-25-29(26)28-16-23-12-8-13-24(22-10-6-5-7-11-22)32(23)38(28)19-27-30(25)31(27)33(39)35-44(41,42)36(3)4/h8-9,12-14,16,20-22,26,29H,5-7,10-11,15,17-19H2,1-4H3,(H,35,39)/t20-,21+,26-,29?/m1/s1. The van der Waals surface area contributed by atoms with Gasteiger partial charge in [-0.3, -0.25) is 9.59 Å². The van der Waals surface area contributed by atoms with Crippen LogP contribution in [-0.4, -0.2) is 73.4 Å². The molecule has 1 aromatic carbocycles. The molecule has 1 aromatic heterocycles. The molecule has 5 aliphatic rings. The van der Waals surface area contributed by atoms with Gasteiger partial charge in [0, 0.05) is 50.7 Å². The molecule has 44 heavy (non-hydrogen) atoms. The van der Waals surface area contributed by atoms with Gasteiger partial charge < -0.3 is 14.2 Å². The first-order chi connectivity index (χ1) is 21.0. The van der Waals surface area contributed by atoms with Gasteiger partial charge in [0.25, 0.3) is 5.91 Å². The van der Waals surface area contributed by atoms with Crippen LogP contribution < -0.4 is 4.72 Å². The summed E-state index contributed by atoms with van der Waals surface area (Å²) in [5, 5.41) is 1.16. The summed E-state index contributed by atoms with van der Waals surface area (Å²) in [6, 6.07) is 8.82. The predicted octanol–water partition coefficient (Wildman–Crippen LogP) is 4.53. The molecule has 1 N–H and O–H groups in total. The van der Waals surface area contributed by atoms with Crippen LogP contribution in [0.4, 0.5) is 0 Å². The summed E-state index contributed by atoms with van der Waals surface area (Å²) in [5.74, 6) is -0.622. The third-order valence-corrected chi connectivity index (χ3v) is 11.6. The second kappa shape index (κ2) is 11.0. The van der Waals surface area contributed by atoms with Crippen LogP contribution in [0.15, 0.2) is 58.7 Å². The monoisotopic (exact) mass is 618 g/mol. The number of carbonyl (C=O) groups excluding carboxylic acids is 2. The first-order valence-corrected chi connectivity index (χ1v) is 17.4. The average molecular weight is 619 g/mol. The second-order valence-corrected chi connectivity index (χ2v) is 15.3. The van der Waals surface area contributed by atoms with E-state index in [1.54, 1.807) is 0 Å². The zero-order chi connectivity index (χ0) is 30.9. The van der Waals surface area contributed by atoms with Gasteiger partial charge in [-0.15, -0.1) is 0 Å². The zero-order valence-corrected chi connectivity index (χ0v) is 26.8. The van der Waals surface area contributed by atoms with Crippen molar-refractivity contribution in [3.63, 3.8) is 0 Å². The summed E-state index contributed by atoms with van der Waals surface area (Å²) in [5.41, 5.74) is 6.67.